The molecule has 0 aliphatic rings. The molecule has 0 radical (unpaired) electrons. The Morgan fingerprint density at radius 3 is 2.14 bits per heavy atom. The molecule has 6 heteroatoms. The largest absolute Gasteiger partial charge is 0.348 e. The summed E-state index contributed by atoms with van der Waals surface area (Å²) in [6, 6.07) is 13.7. The number of nitrogens with one attached hydrogen (secondary N) is 2. The SMILES string of the molecule is CCc1cccc(CC)c1Nc1ncc(C(=O)NCc2ccccc2Cl)cn1. The summed E-state index contributed by atoms with van der Waals surface area (Å²) >= 11 is 6.12. The van der Waals surface area contributed by atoms with Gasteiger partial charge in [0.1, 0.15) is 0 Å². The lowest BCUT2D eigenvalue weighted by Crippen LogP contribution is -2.23. The second kappa shape index (κ2) is 9.33. The van der Waals surface area contributed by atoms with Gasteiger partial charge in [-0.2, -0.15) is 0 Å². The normalized spacial score (nSPS) is 10.5. The van der Waals surface area contributed by atoms with E-state index in [0.29, 0.717) is 23.1 Å². The fraction of sp³-hybridized carbons (Fsp3) is 0.227. The van der Waals surface area contributed by atoms with Crippen molar-refractivity contribution in [3.8, 4) is 0 Å². The van der Waals surface area contributed by atoms with Gasteiger partial charge in [-0.3, -0.25) is 4.79 Å². The zero-order valence-electron chi connectivity index (χ0n) is 16.0. The van der Waals surface area contributed by atoms with Crippen LogP contribution in [-0.4, -0.2) is 15.9 Å². The van der Waals surface area contributed by atoms with Crippen molar-refractivity contribution >= 4 is 29.1 Å². The maximum absolute atomic E-state index is 12.3. The summed E-state index contributed by atoms with van der Waals surface area (Å²) < 4.78 is 0. The highest BCUT2D eigenvalue weighted by molar-refractivity contribution is 6.31. The van der Waals surface area contributed by atoms with Crippen LogP contribution >= 0.6 is 11.6 Å². The van der Waals surface area contributed by atoms with E-state index in [1.54, 1.807) is 6.07 Å². The summed E-state index contributed by atoms with van der Waals surface area (Å²) in [5.41, 5.74) is 4.73. The van der Waals surface area contributed by atoms with Gasteiger partial charge in [0.15, 0.2) is 0 Å². The van der Waals surface area contributed by atoms with Crippen molar-refractivity contribution in [3.05, 3.63) is 82.1 Å². The van der Waals surface area contributed by atoms with Gasteiger partial charge in [0.05, 0.1) is 5.56 Å². The highest BCUT2D eigenvalue weighted by Gasteiger charge is 2.11. The number of carbonyl (C=O) groups is 1. The first-order valence-corrected chi connectivity index (χ1v) is 9.71. The summed E-state index contributed by atoms with van der Waals surface area (Å²) in [4.78, 5) is 21.0. The van der Waals surface area contributed by atoms with Gasteiger partial charge in [-0.25, -0.2) is 9.97 Å². The molecule has 5 nitrogen and oxygen atoms in total. The van der Waals surface area contributed by atoms with Crippen LogP contribution in [0, 0.1) is 0 Å². The molecule has 0 saturated carbocycles. The van der Waals surface area contributed by atoms with Crippen LogP contribution in [0.3, 0.4) is 0 Å². The zero-order valence-corrected chi connectivity index (χ0v) is 16.8. The summed E-state index contributed by atoms with van der Waals surface area (Å²) in [5.74, 6) is 0.230. The van der Waals surface area contributed by atoms with Gasteiger partial charge >= 0.3 is 0 Å². The molecular formula is C22H23ClN4O. The number of carbonyl (C=O) groups excluding carboxylic acids is 1. The fourth-order valence-electron chi connectivity index (χ4n) is 2.94. The Bertz CT molecular complexity index is 935. The first-order chi connectivity index (χ1) is 13.6. The number of para-hydroxylation sites is 1. The number of anilines is 2. The predicted molar refractivity (Wildman–Crippen MR) is 113 cm³/mol. The molecule has 1 aromatic heterocycles. The molecule has 0 unspecified atom stereocenters. The molecule has 3 aromatic rings. The number of rotatable bonds is 7. The lowest BCUT2D eigenvalue weighted by molar-refractivity contribution is 0.0950. The maximum atomic E-state index is 12.3. The van der Waals surface area contributed by atoms with Gasteiger partial charge in [-0.15, -0.1) is 0 Å². The Balaban J connectivity index is 1.68. The Hall–Kier alpha value is -2.92. The molecule has 144 valence electrons. The summed E-state index contributed by atoms with van der Waals surface area (Å²) in [7, 11) is 0. The minimum absolute atomic E-state index is 0.241. The second-order valence-corrected chi connectivity index (χ2v) is 6.76. The van der Waals surface area contributed by atoms with Crippen LogP contribution in [-0.2, 0) is 19.4 Å². The van der Waals surface area contributed by atoms with Crippen LogP contribution in [0.1, 0.15) is 40.9 Å². The maximum Gasteiger partial charge on any atom is 0.254 e. The monoisotopic (exact) mass is 394 g/mol. The van der Waals surface area contributed by atoms with Gasteiger partial charge in [0.25, 0.3) is 5.91 Å². The molecule has 28 heavy (non-hydrogen) atoms. The number of aromatic nitrogens is 2. The first kappa shape index (κ1) is 19.8. The van der Waals surface area contributed by atoms with Crippen LogP contribution in [0.25, 0.3) is 0 Å². The fourth-order valence-corrected chi connectivity index (χ4v) is 3.15. The van der Waals surface area contributed by atoms with Gasteiger partial charge in [-0.05, 0) is 35.6 Å². The van der Waals surface area contributed by atoms with Crippen LogP contribution in [0.2, 0.25) is 5.02 Å². The van der Waals surface area contributed by atoms with Crippen molar-refractivity contribution < 1.29 is 4.79 Å². The van der Waals surface area contributed by atoms with Crippen molar-refractivity contribution in [1.29, 1.82) is 0 Å². The number of aryl methyl sites for hydroxylation is 2. The van der Waals surface area contributed by atoms with Crippen molar-refractivity contribution in [1.82, 2.24) is 15.3 Å². The van der Waals surface area contributed by atoms with Gasteiger partial charge in [0.2, 0.25) is 5.95 Å². The zero-order chi connectivity index (χ0) is 19.9. The highest BCUT2D eigenvalue weighted by Crippen LogP contribution is 2.25. The smallest absolute Gasteiger partial charge is 0.254 e. The molecule has 1 heterocycles. The van der Waals surface area contributed by atoms with Crippen molar-refractivity contribution in [2.75, 3.05) is 5.32 Å². The van der Waals surface area contributed by atoms with E-state index in [2.05, 4.69) is 52.6 Å². The van der Waals surface area contributed by atoms with Crippen molar-refractivity contribution in [2.24, 2.45) is 0 Å². The average Bonchev–Trinajstić information content (AvgIpc) is 2.73. The van der Waals surface area contributed by atoms with E-state index in [4.69, 9.17) is 11.6 Å². The van der Waals surface area contributed by atoms with Crippen molar-refractivity contribution in [2.45, 2.75) is 33.2 Å². The van der Waals surface area contributed by atoms with E-state index in [0.717, 1.165) is 24.1 Å². The number of hydrogen-bond donors (Lipinski definition) is 2. The molecule has 3 rings (SSSR count). The Kier molecular flexibility index (Phi) is 6.61. The van der Waals surface area contributed by atoms with Crippen LogP contribution in [0.15, 0.2) is 54.9 Å². The Morgan fingerprint density at radius 1 is 0.929 bits per heavy atom. The highest BCUT2D eigenvalue weighted by atomic mass is 35.5. The third-order valence-corrected chi connectivity index (χ3v) is 4.92. The molecule has 2 N–H and O–H groups in total. The standard InChI is InChI=1S/C22H23ClN4O/c1-3-15-9-7-10-16(4-2)20(15)27-22-25-13-18(14-26-22)21(28)24-12-17-8-5-6-11-19(17)23/h5-11,13-14H,3-4,12H2,1-2H3,(H,24,28)(H,25,26,27). The van der Waals surface area contributed by atoms with E-state index in [1.165, 1.54) is 23.5 Å². The van der Waals surface area contributed by atoms with E-state index in [-0.39, 0.29) is 5.91 Å². The van der Waals surface area contributed by atoms with Crippen LogP contribution in [0.4, 0.5) is 11.6 Å². The number of amides is 1. The molecule has 2 aromatic carbocycles. The Morgan fingerprint density at radius 2 is 1.54 bits per heavy atom. The number of benzene rings is 2. The lowest BCUT2D eigenvalue weighted by atomic mass is 10.0. The molecule has 0 spiro atoms. The molecule has 0 bridgehead atoms. The van der Waals surface area contributed by atoms with E-state index >= 15 is 0 Å². The first-order valence-electron chi connectivity index (χ1n) is 9.33. The number of halogens is 1. The quantitative estimate of drug-likeness (QED) is 0.596. The summed E-state index contributed by atoms with van der Waals surface area (Å²) in [6.45, 7) is 4.59. The summed E-state index contributed by atoms with van der Waals surface area (Å²) in [5, 5.41) is 6.77. The molecule has 1 amide bonds. The van der Waals surface area contributed by atoms with Crippen LogP contribution < -0.4 is 10.6 Å². The van der Waals surface area contributed by atoms with E-state index in [9.17, 15) is 4.79 Å². The third-order valence-electron chi connectivity index (χ3n) is 4.55. The van der Waals surface area contributed by atoms with Crippen molar-refractivity contribution in [3.63, 3.8) is 0 Å². The number of nitrogens with zero attached hydrogens (tertiary/aromatic N) is 2. The van der Waals surface area contributed by atoms with Gasteiger partial charge in [-0.1, -0.05) is 61.8 Å². The molecule has 0 saturated heterocycles. The molecule has 0 fully saturated rings. The molecule has 0 atom stereocenters. The minimum atomic E-state index is -0.241. The predicted octanol–water partition coefficient (Wildman–Crippen LogP) is 4.93. The second-order valence-electron chi connectivity index (χ2n) is 6.35. The Labute approximate surface area is 170 Å². The molecule has 0 aliphatic carbocycles. The lowest BCUT2D eigenvalue weighted by Gasteiger charge is -2.14. The van der Waals surface area contributed by atoms with Gasteiger partial charge in [0, 0.05) is 29.6 Å². The van der Waals surface area contributed by atoms with E-state index in [1.807, 2.05) is 18.2 Å². The molecule has 0 aliphatic heterocycles. The average molecular weight is 395 g/mol. The van der Waals surface area contributed by atoms with Gasteiger partial charge < -0.3 is 10.6 Å². The third kappa shape index (κ3) is 4.67. The topological polar surface area (TPSA) is 66.9 Å². The van der Waals surface area contributed by atoms with Crippen LogP contribution in [0.5, 0.6) is 0 Å². The van der Waals surface area contributed by atoms with E-state index < -0.39 is 0 Å². The number of hydrogen-bond acceptors (Lipinski definition) is 4. The minimum Gasteiger partial charge on any atom is -0.348 e. The summed E-state index contributed by atoms with van der Waals surface area (Å²) in [6.07, 6.45) is 4.88. The molecular weight excluding hydrogens is 372 g/mol.